The Balaban J connectivity index is 2.57. The average Bonchev–Trinajstić information content (AvgIpc) is 2.34. The Hall–Kier alpha value is -1.27. The Morgan fingerprint density at radius 1 is 1.58 bits per heavy atom. The summed E-state index contributed by atoms with van der Waals surface area (Å²) in [6.07, 6.45) is 2.02. The lowest BCUT2D eigenvalue weighted by Crippen LogP contribution is -2.37. The van der Waals surface area contributed by atoms with E-state index in [0.29, 0.717) is 5.69 Å². The second-order valence-electron chi connectivity index (χ2n) is 4.51. The first-order valence-corrected chi connectivity index (χ1v) is 7.37. The Kier molecular flexibility index (Phi) is 6.11. The van der Waals surface area contributed by atoms with Crippen LogP contribution >= 0.6 is 11.8 Å². The molecule has 0 bridgehead atoms. The highest BCUT2D eigenvalue weighted by atomic mass is 32.2. The van der Waals surface area contributed by atoms with Crippen LogP contribution in [0.3, 0.4) is 0 Å². The maximum absolute atomic E-state index is 13.5. The van der Waals surface area contributed by atoms with Crippen LogP contribution in [0.15, 0.2) is 18.2 Å². The number of hydrogen-bond acceptors (Lipinski definition) is 4. The molecule has 0 aliphatic rings. The number of nitrogen functional groups attached to an aromatic ring is 1. The van der Waals surface area contributed by atoms with E-state index in [1.807, 2.05) is 25.1 Å². The molecule has 1 rings (SSSR count). The number of thioether (sulfide) groups is 1. The predicted octanol–water partition coefficient (Wildman–Crippen LogP) is 2.03. The van der Waals surface area contributed by atoms with Crippen molar-refractivity contribution in [3.63, 3.8) is 0 Å². The van der Waals surface area contributed by atoms with Crippen LogP contribution in [0.25, 0.3) is 0 Å². The molecule has 0 aromatic heterocycles. The first-order valence-electron chi connectivity index (χ1n) is 5.98. The zero-order chi connectivity index (χ0) is 14.4. The number of carbonyl (C=O) groups is 1. The Morgan fingerprint density at radius 3 is 2.89 bits per heavy atom. The third-order valence-corrected chi connectivity index (χ3v) is 3.63. The number of anilines is 2. The quantitative estimate of drug-likeness (QED) is 0.785. The summed E-state index contributed by atoms with van der Waals surface area (Å²) >= 11 is 1.72. The molecule has 0 aliphatic heterocycles. The number of amides is 1. The molecule has 0 saturated heterocycles. The van der Waals surface area contributed by atoms with Gasteiger partial charge in [-0.25, -0.2) is 4.39 Å². The number of hydrogen-bond donors (Lipinski definition) is 2. The highest BCUT2D eigenvalue weighted by Gasteiger charge is 2.14. The van der Waals surface area contributed by atoms with Crippen LogP contribution in [0.4, 0.5) is 15.8 Å². The summed E-state index contributed by atoms with van der Waals surface area (Å²) < 4.78 is 13.5. The second kappa shape index (κ2) is 7.35. The number of nitrogens with one attached hydrogen (secondary N) is 1. The van der Waals surface area contributed by atoms with Gasteiger partial charge in [0, 0.05) is 17.5 Å². The van der Waals surface area contributed by atoms with Crippen molar-refractivity contribution in [3.05, 3.63) is 24.0 Å². The number of nitrogens with two attached hydrogens (primary N) is 1. The van der Waals surface area contributed by atoms with Crippen molar-refractivity contribution in [1.82, 2.24) is 4.90 Å². The van der Waals surface area contributed by atoms with Crippen molar-refractivity contribution >= 4 is 29.0 Å². The number of likely N-dealkylation sites (N-methyl/N-ethyl adjacent to an activating group) is 1. The molecule has 6 heteroatoms. The van der Waals surface area contributed by atoms with Crippen molar-refractivity contribution in [2.45, 2.75) is 13.0 Å². The molecule has 3 N–H and O–H groups in total. The maximum Gasteiger partial charge on any atom is 0.238 e. The molecule has 0 fully saturated rings. The fraction of sp³-hybridized carbons (Fsp3) is 0.462. The summed E-state index contributed by atoms with van der Waals surface area (Å²) in [6, 6.07) is 4.40. The van der Waals surface area contributed by atoms with Crippen molar-refractivity contribution in [3.8, 4) is 0 Å². The van der Waals surface area contributed by atoms with E-state index in [1.54, 1.807) is 11.8 Å². The van der Waals surface area contributed by atoms with Crippen molar-refractivity contribution in [1.29, 1.82) is 0 Å². The monoisotopic (exact) mass is 285 g/mol. The van der Waals surface area contributed by atoms with Gasteiger partial charge in [-0.2, -0.15) is 11.8 Å². The lowest BCUT2D eigenvalue weighted by molar-refractivity contribution is -0.117. The first kappa shape index (κ1) is 15.8. The summed E-state index contributed by atoms with van der Waals surface area (Å²) in [5, 5.41) is 2.54. The molecule has 1 unspecified atom stereocenters. The Morgan fingerprint density at radius 2 is 2.26 bits per heavy atom. The number of halogens is 1. The van der Waals surface area contributed by atoms with Crippen molar-refractivity contribution < 1.29 is 9.18 Å². The van der Waals surface area contributed by atoms with Crippen LogP contribution in [0.1, 0.15) is 6.92 Å². The molecule has 106 valence electrons. The van der Waals surface area contributed by atoms with Crippen LogP contribution in [0.2, 0.25) is 0 Å². The van der Waals surface area contributed by atoms with Gasteiger partial charge in [-0.1, -0.05) is 0 Å². The lowest BCUT2D eigenvalue weighted by Gasteiger charge is -2.23. The summed E-state index contributed by atoms with van der Waals surface area (Å²) in [5.41, 5.74) is 6.10. The molecule has 4 nitrogen and oxygen atoms in total. The van der Waals surface area contributed by atoms with E-state index in [4.69, 9.17) is 5.73 Å². The van der Waals surface area contributed by atoms with Crippen LogP contribution in [0.5, 0.6) is 0 Å². The van der Waals surface area contributed by atoms with E-state index >= 15 is 0 Å². The smallest absolute Gasteiger partial charge is 0.238 e. The number of carbonyl (C=O) groups excluding carboxylic acids is 1. The van der Waals surface area contributed by atoms with Gasteiger partial charge in [0.25, 0.3) is 0 Å². The van der Waals surface area contributed by atoms with Gasteiger partial charge < -0.3 is 11.1 Å². The molecule has 1 atom stereocenters. The molecule has 0 aliphatic carbocycles. The van der Waals surface area contributed by atoms with E-state index < -0.39 is 5.82 Å². The third-order valence-electron chi connectivity index (χ3n) is 2.82. The van der Waals surface area contributed by atoms with Gasteiger partial charge in [0.05, 0.1) is 12.2 Å². The highest BCUT2D eigenvalue weighted by Crippen LogP contribution is 2.17. The van der Waals surface area contributed by atoms with Gasteiger partial charge in [0.1, 0.15) is 5.82 Å². The lowest BCUT2D eigenvalue weighted by atomic mass is 10.2. The fourth-order valence-corrected chi connectivity index (χ4v) is 2.32. The number of rotatable bonds is 6. The van der Waals surface area contributed by atoms with Crippen LogP contribution < -0.4 is 11.1 Å². The van der Waals surface area contributed by atoms with Crippen LogP contribution in [0, 0.1) is 5.82 Å². The predicted molar refractivity (Wildman–Crippen MR) is 79.9 cm³/mol. The first-order chi connectivity index (χ1) is 8.93. The Labute approximate surface area is 117 Å². The second-order valence-corrected chi connectivity index (χ2v) is 5.42. The van der Waals surface area contributed by atoms with E-state index in [0.717, 1.165) is 5.75 Å². The SMILES string of the molecule is CSCC(C)N(C)CC(=O)Nc1cc(N)ccc1F. The molecule has 1 aromatic rings. The van der Waals surface area contributed by atoms with Gasteiger partial charge in [0.2, 0.25) is 5.91 Å². The van der Waals surface area contributed by atoms with Crippen molar-refractivity contribution in [2.24, 2.45) is 0 Å². The molecular weight excluding hydrogens is 265 g/mol. The normalized spacial score (nSPS) is 12.5. The summed E-state index contributed by atoms with van der Waals surface area (Å²) in [4.78, 5) is 13.8. The van der Waals surface area contributed by atoms with Gasteiger partial charge >= 0.3 is 0 Å². The highest BCUT2D eigenvalue weighted by molar-refractivity contribution is 7.98. The Bertz CT molecular complexity index is 442. The minimum atomic E-state index is -0.484. The van der Waals surface area contributed by atoms with E-state index in [2.05, 4.69) is 5.32 Å². The van der Waals surface area contributed by atoms with Crippen LogP contribution in [-0.4, -0.2) is 42.4 Å². The third kappa shape index (κ3) is 5.08. The van der Waals surface area contributed by atoms with Gasteiger partial charge in [-0.05, 0) is 38.4 Å². The summed E-state index contributed by atoms with van der Waals surface area (Å²) in [5.74, 6) is 0.207. The molecule has 0 heterocycles. The summed E-state index contributed by atoms with van der Waals surface area (Å²) in [6.45, 7) is 2.26. The molecule has 0 saturated carbocycles. The van der Waals surface area contributed by atoms with E-state index in [1.165, 1.54) is 18.2 Å². The van der Waals surface area contributed by atoms with E-state index in [9.17, 15) is 9.18 Å². The number of nitrogens with zero attached hydrogens (tertiary/aromatic N) is 1. The average molecular weight is 285 g/mol. The van der Waals surface area contributed by atoms with Gasteiger partial charge in [-0.3, -0.25) is 9.69 Å². The zero-order valence-corrected chi connectivity index (χ0v) is 12.3. The number of benzene rings is 1. The molecule has 1 aromatic carbocycles. The molecule has 19 heavy (non-hydrogen) atoms. The molecular formula is C13H20FN3OS. The van der Waals surface area contributed by atoms with Gasteiger partial charge in [0.15, 0.2) is 0 Å². The topological polar surface area (TPSA) is 58.4 Å². The fourth-order valence-electron chi connectivity index (χ4n) is 1.58. The zero-order valence-electron chi connectivity index (χ0n) is 11.4. The van der Waals surface area contributed by atoms with Crippen molar-refractivity contribution in [2.75, 3.05) is 36.7 Å². The largest absolute Gasteiger partial charge is 0.399 e. The maximum atomic E-state index is 13.5. The minimum absolute atomic E-state index is 0.121. The van der Waals surface area contributed by atoms with Crippen LogP contribution in [-0.2, 0) is 4.79 Å². The standard InChI is InChI=1S/C13H20FN3OS/c1-9(8-19-3)17(2)7-13(18)16-12-6-10(15)4-5-11(12)14/h4-6,9H,7-8,15H2,1-3H3,(H,16,18). The van der Waals surface area contributed by atoms with E-state index in [-0.39, 0.29) is 24.2 Å². The molecule has 0 spiro atoms. The van der Waals surface area contributed by atoms with Gasteiger partial charge in [-0.15, -0.1) is 0 Å². The minimum Gasteiger partial charge on any atom is -0.399 e. The molecule has 0 radical (unpaired) electrons. The summed E-state index contributed by atoms with van der Waals surface area (Å²) in [7, 11) is 1.87. The molecule has 1 amide bonds.